The van der Waals surface area contributed by atoms with Gasteiger partial charge in [-0.15, -0.1) is 35.3 Å². The maximum Gasteiger partial charge on any atom is 0.191 e. The SMILES string of the molecule is CCNC(=NCc1ncc(CC)s1)NCCCOCCOC.I. The number of methoxy groups -OCH3 is 1. The number of hydrogen-bond acceptors (Lipinski definition) is 5. The Kier molecular flexibility index (Phi) is 14.8. The fraction of sp³-hybridized carbons (Fsp3) is 0.733. The van der Waals surface area contributed by atoms with Crippen LogP contribution in [0.5, 0.6) is 0 Å². The zero-order valence-corrected chi connectivity index (χ0v) is 17.4. The van der Waals surface area contributed by atoms with E-state index in [2.05, 4.69) is 34.5 Å². The van der Waals surface area contributed by atoms with Crippen LogP contribution in [0.1, 0.15) is 30.2 Å². The van der Waals surface area contributed by atoms with E-state index in [0.29, 0.717) is 19.8 Å². The lowest BCUT2D eigenvalue weighted by Crippen LogP contribution is -2.38. The number of guanidine groups is 1. The average Bonchev–Trinajstić information content (AvgIpc) is 2.99. The van der Waals surface area contributed by atoms with Crippen molar-refractivity contribution in [3.05, 3.63) is 16.1 Å². The number of nitrogens with one attached hydrogen (secondary N) is 2. The fourth-order valence-corrected chi connectivity index (χ4v) is 2.49. The van der Waals surface area contributed by atoms with Crippen LogP contribution >= 0.6 is 35.3 Å². The third-order valence-corrected chi connectivity index (χ3v) is 3.98. The number of aliphatic imine (C=N–C) groups is 1. The molecule has 0 bridgehead atoms. The van der Waals surface area contributed by atoms with Crippen LogP contribution in [-0.2, 0) is 22.4 Å². The molecule has 0 aliphatic rings. The second-order valence-electron chi connectivity index (χ2n) is 4.65. The van der Waals surface area contributed by atoms with Crippen LogP contribution in [0.3, 0.4) is 0 Å². The number of rotatable bonds is 11. The minimum Gasteiger partial charge on any atom is -0.382 e. The van der Waals surface area contributed by atoms with E-state index in [9.17, 15) is 0 Å². The molecule has 0 unspecified atom stereocenters. The van der Waals surface area contributed by atoms with E-state index in [0.717, 1.165) is 43.5 Å². The van der Waals surface area contributed by atoms with Gasteiger partial charge in [0.2, 0.25) is 0 Å². The number of halogens is 1. The first-order chi connectivity index (χ1) is 10.8. The van der Waals surface area contributed by atoms with Crippen molar-refractivity contribution in [2.45, 2.75) is 33.2 Å². The van der Waals surface area contributed by atoms with Crippen molar-refractivity contribution in [3.8, 4) is 0 Å². The molecule has 0 fully saturated rings. The second-order valence-corrected chi connectivity index (χ2v) is 5.85. The predicted octanol–water partition coefficient (Wildman–Crippen LogP) is 2.43. The zero-order chi connectivity index (χ0) is 16.0. The molecule has 1 rings (SSSR count). The van der Waals surface area contributed by atoms with Crippen LogP contribution in [0.15, 0.2) is 11.2 Å². The van der Waals surface area contributed by atoms with Gasteiger partial charge in [-0.05, 0) is 19.8 Å². The molecular formula is C15H29IN4O2S. The molecule has 2 N–H and O–H groups in total. The van der Waals surface area contributed by atoms with E-state index >= 15 is 0 Å². The summed E-state index contributed by atoms with van der Waals surface area (Å²) in [7, 11) is 1.68. The number of aryl methyl sites for hydroxylation is 1. The van der Waals surface area contributed by atoms with Crippen LogP contribution < -0.4 is 10.6 Å². The molecular weight excluding hydrogens is 427 g/mol. The van der Waals surface area contributed by atoms with Gasteiger partial charge in [0.05, 0.1) is 19.8 Å². The first kappa shape index (κ1) is 22.6. The maximum absolute atomic E-state index is 5.43. The summed E-state index contributed by atoms with van der Waals surface area (Å²) in [5.74, 6) is 0.827. The monoisotopic (exact) mass is 456 g/mol. The molecule has 0 atom stereocenters. The number of hydrogen-bond donors (Lipinski definition) is 2. The van der Waals surface area contributed by atoms with Gasteiger partial charge in [-0.3, -0.25) is 0 Å². The molecule has 23 heavy (non-hydrogen) atoms. The molecule has 6 nitrogen and oxygen atoms in total. The Morgan fingerprint density at radius 2 is 2.09 bits per heavy atom. The van der Waals surface area contributed by atoms with Gasteiger partial charge in [0.25, 0.3) is 0 Å². The highest BCUT2D eigenvalue weighted by Gasteiger charge is 2.01. The highest BCUT2D eigenvalue weighted by molar-refractivity contribution is 14.0. The van der Waals surface area contributed by atoms with Gasteiger partial charge >= 0.3 is 0 Å². The van der Waals surface area contributed by atoms with Crippen molar-refractivity contribution < 1.29 is 9.47 Å². The lowest BCUT2D eigenvalue weighted by Gasteiger charge is -2.11. The van der Waals surface area contributed by atoms with Gasteiger partial charge in [0.15, 0.2) is 5.96 Å². The lowest BCUT2D eigenvalue weighted by molar-refractivity contribution is 0.0698. The Hall–Kier alpha value is -0.450. The molecule has 8 heteroatoms. The van der Waals surface area contributed by atoms with E-state index in [1.807, 2.05) is 6.20 Å². The summed E-state index contributed by atoms with van der Waals surface area (Å²) < 4.78 is 10.4. The topological polar surface area (TPSA) is 67.8 Å². The molecule has 1 heterocycles. The minimum absolute atomic E-state index is 0. The summed E-state index contributed by atoms with van der Waals surface area (Å²) >= 11 is 1.73. The fourth-order valence-electron chi connectivity index (χ4n) is 1.70. The number of nitrogens with zero attached hydrogens (tertiary/aromatic N) is 2. The van der Waals surface area contributed by atoms with Gasteiger partial charge in [0.1, 0.15) is 5.01 Å². The molecule has 1 aromatic heterocycles. The smallest absolute Gasteiger partial charge is 0.191 e. The molecule has 0 aliphatic heterocycles. The van der Waals surface area contributed by atoms with Crippen LogP contribution in [0.4, 0.5) is 0 Å². The summed E-state index contributed by atoms with van der Waals surface area (Å²) in [6.45, 7) is 8.50. The number of thiazole rings is 1. The third-order valence-electron chi connectivity index (χ3n) is 2.86. The predicted molar refractivity (Wildman–Crippen MR) is 107 cm³/mol. The highest BCUT2D eigenvalue weighted by Crippen LogP contribution is 2.13. The van der Waals surface area contributed by atoms with Crippen molar-refractivity contribution in [2.24, 2.45) is 4.99 Å². The van der Waals surface area contributed by atoms with E-state index in [4.69, 9.17) is 9.47 Å². The summed E-state index contributed by atoms with van der Waals surface area (Å²) in [6.07, 6.45) is 3.90. The van der Waals surface area contributed by atoms with Gasteiger partial charge in [-0.2, -0.15) is 0 Å². The standard InChI is InChI=1S/C15H28N4O2S.HI/c1-4-13-11-18-14(22-13)12-19-15(16-5-2)17-7-6-8-21-10-9-20-3;/h11H,4-10,12H2,1-3H3,(H2,16,17,19);1H. The van der Waals surface area contributed by atoms with E-state index in [1.54, 1.807) is 18.4 Å². The number of aromatic nitrogens is 1. The Labute approximate surface area is 160 Å². The molecule has 0 aromatic carbocycles. The summed E-state index contributed by atoms with van der Waals surface area (Å²) in [6, 6.07) is 0. The molecule has 0 saturated carbocycles. The summed E-state index contributed by atoms with van der Waals surface area (Å²) in [5, 5.41) is 7.60. The summed E-state index contributed by atoms with van der Waals surface area (Å²) in [4.78, 5) is 10.2. The Morgan fingerprint density at radius 3 is 2.74 bits per heavy atom. The van der Waals surface area contributed by atoms with Crippen molar-refractivity contribution in [1.82, 2.24) is 15.6 Å². The van der Waals surface area contributed by atoms with Gasteiger partial charge < -0.3 is 20.1 Å². The van der Waals surface area contributed by atoms with Crippen LogP contribution in [0.25, 0.3) is 0 Å². The van der Waals surface area contributed by atoms with E-state index in [1.165, 1.54) is 4.88 Å². The minimum atomic E-state index is 0. The number of ether oxygens (including phenoxy) is 2. The second kappa shape index (κ2) is 15.1. The van der Waals surface area contributed by atoms with Crippen molar-refractivity contribution in [3.63, 3.8) is 0 Å². The Bertz CT molecular complexity index is 429. The molecule has 0 amide bonds. The van der Waals surface area contributed by atoms with Crippen LogP contribution in [0, 0.1) is 0 Å². The van der Waals surface area contributed by atoms with E-state index < -0.39 is 0 Å². The lowest BCUT2D eigenvalue weighted by atomic mass is 10.4. The van der Waals surface area contributed by atoms with Crippen LogP contribution in [0.2, 0.25) is 0 Å². The quantitative estimate of drug-likeness (QED) is 0.232. The largest absolute Gasteiger partial charge is 0.382 e. The van der Waals surface area contributed by atoms with Crippen LogP contribution in [-0.4, -0.2) is 51.0 Å². The first-order valence-electron chi connectivity index (χ1n) is 7.82. The molecule has 1 aromatic rings. The third kappa shape index (κ3) is 10.9. The maximum atomic E-state index is 5.43. The average molecular weight is 456 g/mol. The van der Waals surface area contributed by atoms with Gasteiger partial charge in [-0.1, -0.05) is 6.92 Å². The Morgan fingerprint density at radius 1 is 1.26 bits per heavy atom. The van der Waals surface area contributed by atoms with Gasteiger partial charge in [-0.25, -0.2) is 9.98 Å². The van der Waals surface area contributed by atoms with Crippen molar-refractivity contribution >= 4 is 41.3 Å². The molecule has 134 valence electrons. The normalized spacial score (nSPS) is 11.2. The summed E-state index contributed by atoms with van der Waals surface area (Å²) in [5.41, 5.74) is 0. The molecule has 0 saturated heterocycles. The van der Waals surface area contributed by atoms with Crippen molar-refractivity contribution in [1.29, 1.82) is 0 Å². The molecule has 0 spiro atoms. The highest BCUT2D eigenvalue weighted by atomic mass is 127. The Balaban J connectivity index is 0.00000484. The molecule has 0 radical (unpaired) electrons. The van der Waals surface area contributed by atoms with Gasteiger partial charge in [0, 0.05) is 37.9 Å². The first-order valence-corrected chi connectivity index (χ1v) is 8.64. The van der Waals surface area contributed by atoms with E-state index in [-0.39, 0.29) is 24.0 Å². The van der Waals surface area contributed by atoms with Crippen molar-refractivity contribution in [2.75, 3.05) is 40.0 Å². The zero-order valence-electron chi connectivity index (χ0n) is 14.3. The molecule has 0 aliphatic carbocycles.